The number of aromatic hydroxyl groups is 1. The number of benzene rings is 2. The molecule has 1 amide bonds. The van der Waals surface area contributed by atoms with Gasteiger partial charge in [0.05, 0.1) is 28.5 Å². The highest BCUT2D eigenvalue weighted by Crippen LogP contribution is 2.28. The molecule has 3 N–H and O–H groups in total. The summed E-state index contributed by atoms with van der Waals surface area (Å²) in [5, 5.41) is 13.9. The second-order valence-electron chi connectivity index (χ2n) is 5.79. The first-order valence-electron chi connectivity index (χ1n) is 8.23. The van der Waals surface area contributed by atoms with Gasteiger partial charge in [0.25, 0.3) is 5.91 Å². The quantitative estimate of drug-likeness (QED) is 0.386. The number of aromatic amines is 1. The largest absolute Gasteiger partial charge is 0.507 e. The molecule has 0 saturated heterocycles. The zero-order valence-electron chi connectivity index (χ0n) is 14.1. The van der Waals surface area contributed by atoms with E-state index in [2.05, 4.69) is 25.5 Å². The van der Waals surface area contributed by atoms with E-state index in [4.69, 9.17) is 0 Å². The highest BCUT2D eigenvalue weighted by Gasteiger charge is 2.11. The lowest BCUT2D eigenvalue weighted by molar-refractivity contribution is 0.0955. The van der Waals surface area contributed by atoms with Crippen LogP contribution in [0.3, 0.4) is 0 Å². The molecule has 4 aromatic rings. The lowest BCUT2D eigenvalue weighted by atomic mass is 10.2. The number of H-pyrrole nitrogens is 1. The number of aromatic nitrogens is 3. The molecule has 27 heavy (non-hydrogen) atoms. The summed E-state index contributed by atoms with van der Waals surface area (Å²) in [5.41, 5.74) is 5.54. The maximum absolute atomic E-state index is 12.3. The number of phenols is 1. The van der Waals surface area contributed by atoms with Crippen molar-refractivity contribution in [3.63, 3.8) is 0 Å². The number of hydrogen-bond donors (Lipinski definition) is 3. The van der Waals surface area contributed by atoms with E-state index in [0.717, 1.165) is 0 Å². The molecule has 0 saturated carbocycles. The van der Waals surface area contributed by atoms with Crippen molar-refractivity contribution in [3.05, 3.63) is 78.1 Å². The second-order valence-corrected chi connectivity index (χ2v) is 5.79. The minimum absolute atomic E-state index is 0.137. The number of pyridine rings is 1. The van der Waals surface area contributed by atoms with Gasteiger partial charge in [0, 0.05) is 11.8 Å². The van der Waals surface area contributed by atoms with Crippen LogP contribution in [-0.2, 0) is 0 Å². The van der Waals surface area contributed by atoms with Crippen molar-refractivity contribution in [1.29, 1.82) is 0 Å². The van der Waals surface area contributed by atoms with E-state index in [1.54, 1.807) is 54.7 Å². The molecule has 0 aliphatic heterocycles. The number of amides is 1. The van der Waals surface area contributed by atoms with E-state index in [1.165, 1.54) is 6.21 Å². The Hall–Kier alpha value is -4.00. The third kappa shape index (κ3) is 3.52. The average molecular weight is 357 g/mol. The first kappa shape index (κ1) is 16.5. The number of nitrogens with one attached hydrogen (secondary N) is 2. The number of carbonyl (C=O) groups excluding carboxylic acids is 1. The number of imidazole rings is 1. The fraction of sp³-hybridized carbons (Fsp3) is 0. The number of fused-ring (bicyclic) bond motifs is 1. The molecule has 7 heteroatoms. The van der Waals surface area contributed by atoms with Crippen molar-refractivity contribution >= 4 is 23.2 Å². The Labute approximate surface area is 154 Å². The van der Waals surface area contributed by atoms with Gasteiger partial charge in [-0.3, -0.25) is 9.78 Å². The van der Waals surface area contributed by atoms with Gasteiger partial charge in [-0.15, -0.1) is 0 Å². The van der Waals surface area contributed by atoms with Gasteiger partial charge in [-0.25, -0.2) is 10.4 Å². The summed E-state index contributed by atoms with van der Waals surface area (Å²) in [5.74, 6) is 0.329. The molecule has 4 rings (SSSR count). The van der Waals surface area contributed by atoms with Gasteiger partial charge in [-0.2, -0.15) is 5.10 Å². The Morgan fingerprint density at radius 3 is 2.78 bits per heavy atom. The van der Waals surface area contributed by atoms with Gasteiger partial charge in [0.15, 0.2) is 0 Å². The van der Waals surface area contributed by atoms with E-state index in [1.807, 2.05) is 12.1 Å². The molecule has 132 valence electrons. The predicted molar refractivity (Wildman–Crippen MR) is 102 cm³/mol. The molecule has 0 spiro atoms. The molecule has 2 aromatic heterocycles. The van der Waals surface area contributed by atoms with E-state index in [-0.39, 0.29) is 11.7 Å². The predicted octanol–water partition coefficient (Wildman–Crippen LogP) is 3.09. The van der Waals surface area contributed by atoms with Crippen molar-refractivity contribution in [3.8, 4) is 17.1 Å². The van der Waals surface area contributed by atoms with Crippen molar-refractivity contribution in [2.24, 2.45) is 5.10 Å². The summed E-state index contributed by atoms with van der Waals surface area (Å²) in [4.78, 5) is 24.0. The summed E-state index contributed by atoms with van der Waals surface area (Å²) < 4.78 is 0. The fourth-order valence-corrected chi connectivity index (χ4v) is 2.63. The zero-order valence-corrected chi connectivity index (χ0v) is 14.1. The van der Waals surface area contributed by atoms with Crippen LogP contribution in [0.15, 0.2) is 72.0 Å². The standard InChI is InChI=1S/C20H15N5O2/c26-18-7-2-1-6-15(18)19-23-16-9-8-13(11-17(16)24-19)20(27)25-22-12-14-5-3-4-10-21-14/h1-12,26H,(H,23,24)(H,25,27)/b22-12+. The van der Waals surface area contributed by atoms with E-state index in [9.17, 15) is 9.90 Å². The summed E-state index contributed by atoms with van der Waals surface area (Å²) in [6, 6.07) is 17.5. The fourth-order valence-electron chi connectivity index (χ4n) is 2.63. The number of hydrazone groups is 1. The lowest BCUT2D eigenvalue weighted by Gasteiger charge is -1.99. The molecular weight excluding hydrogens is 342 g/mol. The van der Waals surface area contributed by atoms with Gasteiger partial charge >= 0.3 is 0 Å². The number of carbonyl (C=O) groups is 1. The molecular formula is C20H15N5O2. The number of hydrogen-bond acceptors (Lipinski definition) is 5. The van der Waals surface area contributed by atoms with Crippen LogP contribution in [0.2, 0.25) is 0 Å². The minimum Gasteiger partial charge on any atom is -0.507 e. The van der Waals surface area contributed by atoms with Crippen molar-refractivity contribution in [2.45, 2.75) is 0 Å². The zero-order chi connectivity index (χ0) is 18.6. The second kappa shape index (κ2) is 7.09. The maximum atomic E-state index is 12.3. The van der Waals surface area contributed by atoms with Crippen LogP contribution in [0.25, 0.3) is 22.4 Å². The first-order valence-corrected chi connectivity index (χ1v) is 8.23. The molecule has 2 aromatic carbocycles. The maximum Gasteiger partial charge on any atom is 0.271 e. The van der Waals surface area contributed by atoms with Crippen molar-refractivity contribution < 1.29 is 9.90 Å². The Balaban J connectivity index is 1.55. The summed E-state index contributed by atoms with van der Waals surface area (Å²) in [7, 11) is 0. The van der Waals surface area contributed by atoms with Crippen LogP contribution in [0.1, 0.15) is 16.1 Å². The van der Waals surface area contributed by atoms with Crippen LogP contribution in [0.5, 0.6) is 5.75 Å². The Morgan fingerprint density at radius 1 is 1.11 bits per heavy atom. The van der Waals surface area contributed by atoms with Crippen LogP contribution in [0.4, 0.5) is 0 Å². The summed E-state index contributed by atoms with van der Waals surface area (Å²) in [6.07, 6.45) is 3.13. The molecule has 0 atom stereocenters. The molecule has 0 unspecified atom stereocenters. The van der Waals surface area contributed by atoms with Crippen LogP contribution in [-0.4, -0.2) is 32.2 Å². The van der Waals surface area contributed by atoms with Crippen molar-refractivity contribution in [1.82, 2.24) is 20.4 Å². The van der Waals surface area contributed by atoms with Gasteiger partial charge in [-0.1, -0.05) is 18.2 Å². The monoisotopic (exact) mass is 357 g/mol. The summed E-state index contributed by atoms with van der Waals surface area (Å²) in [6.45, 7) is 0. The SMILES string of the molecule is O=C(N/N=C/c1ccccn1)c1ccc2nc(-c3ccccc3O)[nH]c2c1. The van der Waals surface area contributed by atoms with Crippen LogP contribution < -0.4 is 5.43 Å². The van der Waals surface area contributed by atoms with E-state index >= 15 is 0 Å². The van der Waals surface area contributed by atoms with Crippen LogP contribution >= 0.6 is 0 Å². The topological polar surface area (TPSA) is 103 Å². The first-order chi connectivity index (χ1) is 13.2. The number of para-hydroxylation sites is 1. The van der Waals surface area contributed by atoms with E-state index < -0.39 is 0 Å². The van der Waals surface area contributed by atoms with Crippen molar-refractivity contribution in [2.75, 3.05) is 0 Å². The highest BCUT2D eigenvalue weighted by atomic mass is 16.3. The summed E-state index contributed by atoms with van der Waals surface area (Å²) >= 11 is 0. The molecule has 0 bridgehead atoms. The Bertz CT molecular complexity index is 1140. The van der Waals surface area contributed by atoms with Gasteiger partial charge in [0.1, 0.15) is 11.6 Å². The lowest BCUT2D eigenvalue weighted by Crippen LogP contribution is -2.17. The molecule has 0 aliphatic rings. The molecule has 0 fully saturated rings. The molecule has 0 aliphatic carbocycles. The smallest absolute Gasteiger partial charge is 0.271 e. The number of rotatable bonds is 4. The number of nitrogens with zero attached hydrogens (tertiary/aromatic N) is 3. The van der Waals surface area contributed by atoms with Gasteiger partial charge in [0.2, 0.25) is 0 Å². The normalized spacial score (nSPS) is 11.1. The van der Waals surface area contributed by atoms with Crippen LogP contribution in [0, 0.1) is 0 Å². The Morgan fingerprint density at radius 2 is 1.96 bits per heavy atom. The Kier molecular flexibility index (Phi) is 4.32. The third-order valence-corrected chi connectivity index (χ3v) is 3.95. The third-order valence-electron chi connectivity index (χ3n) is 3.95. The molecule has 2 heterocycles. The number of phenolic OH excluding ortho intramolecular Hbond substituents is 1. The molecule has 7 nitrogen and oxygen atoms in total. The highest BCUT2D eigenvalue weighted by molar-refractivity contribution is 5.98. The van der Waals surface area contributed by atoms with E-state index in [0.29, 0.717) is 33.7 Å². The van der Waals surface area contributed by atoms with Gasteiger partial charge < -0.3 is 10.1 Å². The molecule has 0 radical (unpaired) electrons. The average Bonchev–Trinajstić information content (AvgIpc) is 3.12. The minimum atomic E-state index is -0.345. The van der Waals surface area contributed by atoms with Gasteiger partial charge in [-0.05, 0) is 42.5 Å².